The molecule has 0 spiro atoms. The summed E-state index contributed by atoms with van der Waals surface area (Å²) in [7, 11) is 0. The highest BCUT2D eigenvalue weighted by Gasteiger charge is 2.27. The monoisotopic (exact) mass is 441 g/mol. The first kappa shape index (κ1) is 20.9. The van der Waals surface area contributed by atoms with Crippen LogP contribution in [0.25, 0.3) is 0 Å². The van der Waals surface area contributed by atoms with Gasteiger partial charge in [0.05, 0.1) is 28.5 Å². The van der Waals surface area contributed by atoms with Crippen LogP contribution in [0.1, 0.15) is 29.2 Å². The summed E-state index contributed by atoms with van der Waals surface area (Å²) in [4.78, 5) is 26.6. The lowest BCUT2D eigenvalue weighted by atomic mass is 10.0. The summed E-state index contributed by atoms with van der Waals surface area (Å²) in [5.41, 5.74) is 0.589. The number of amides is 3. The first-order valence-electron chi connectivity index (χ1n) is 9.93. The molecule has 160 valence electrons. The summed E-state index contributed by atoms with van der Waals surface area (Å²) in [5, 5.41) is 10.3. The molecule has 1 aliphatic rings. The van der Waals surface area contributed by atoms with Crippen LogP contribution in [0.2, 0.25) is 5.02 Å². The molecule has 0 aliphatic carbocycles. The number of hydrogen-bond donors (Lipinski definition) is 2. The van der Waals surface area contributed by atoms with Crippen molar-refractivity contribution in [2.45, 2.75) is 18.9 Å². The summed E-state index contributed by atoms with van der Waals surface area (Å²) in [6.07, 6.45) is 2.90. The van der Waals surface area contributed by atoms with Gasteiger partial charge in [-0.15, -0.1) is 0 Å². The third kappa shape index (κ3) is 4.69. The maximum Gasteiger partial charge on any atom is 0.324 e. The van der Waals surface area contributed by atoms with Crippen molar-refractivity contribution in [1.82, 2.24) is 14.7 Å². The minimum absolute atomic E-state index is 0.00952. The number of nitrogens with one attached hydrogen (secondary N) is 2. The van der Waals surface area contributed by atoms with Crippen molar-refractivity contribution in [3.8, 4) is 0 Å². The average Bonchev–Trinajstić information content (AvgIpc) is 3.23. The fourth-order valence-corrected chi connectivity index (χ4v) is 3.84. The van der Waals surface area contributed by atoms with E-state index >= 15 is 0 Å². The number of aromatic nitrogens is 2. The van der Waals surface area contributed by atoms with Crippen LogP contribution < -0.4 is 10.6 Å². The predicted octanol–water partition coefficient (Wildman–Crippen LogP) is 4.80. The van der Waals surface area contributed by atoms with Crippen molar-refractivity contribution >= 4 is 35.0 Å². The largest absolute Gasteiger partial charge is 0.338 e. The minimum atomic E-state index is -0.516. The maximum absolute atomic E-state index is 13.9. The number of piperidine rings is 1. The van der Waals surface area contributed by atoms with E-state index in [1.807, 2.05) is 0 Å². The van der Waals surface area contributed by atoms with E-state index in [-0.39, 0.29) is 17.5 Å². The molecular formula is C22H21ClFN5O2. The molecular weight excluding hydrogens is 421 g/mol. The second-order valence-corrected chi connectivity index (χ2v) is 7.63. The highest BCUT2D eigenvalue weighted by atomic mass is 35.5. The van der Waals surface area contributed by atoms with Gasteiger partial charge in [-0.1, -0.05) is 35.9 Å². The summed E-state index contributed by atoms with van der Waals surface area (Å²) in [5.74, 6) is -0.282. The predicted molar refractivity (Wildman–Crippen MR) is 117 cm³/mol. The van der Waals surface area contributed by atoms with Crippen LogP contribution in [0.3, 0.4) is 0 Å². The molecule has 0 bridgehead atoms. The molecule has 7 nitrogen and oxygen atoms in total. The lowest BCUT2D eigenvalue weighted by Gasteiger charge is -2.32. The van der Waals surface area contributed by atoms with E-state index in [0.717, 1.165) is 0 Å². The third-order valence-electron chi connectivity index (χ3n) is 5.24. The van der Waals surface area contributed by atoms with Gasteiger partial charge in [-0.05, 0) is 37.1 Å². The van der Waals surface area contributed by atoms with Crippen LogP contribution in [0.4, 0.5) is 20.7 Å². The van der Waals surface area contributed by atoms with Gasteiger partial charge in [0.2, 0.25) is 0 Å². The Balaban J connectivity index is 1.37. The second-order valence-electron chi connectivity index (χ2n) is 7.22. The smallest absolute Gasteiger partial charge is 0.324 e. The first-order valence-corrected chi connectivity index (χ1v) is 10.3. The number of benzene rings is 2. The van der Waals surface area contributed by atoms with E-state index in [1.54, 1.807) is 58.2 Å². The Morgan fingerprint density at radius 3 is 2.45 bits per heavy atom. The molecule has 3 amide bonds. The Bertz CT molecular complexity index is 1090. The van der Waals surface area contributed by atoms with E-state index < -0.39 is 11.8 Å². The van der Waals surface area contributed by atoms with Crippen molar-refractivity contribution < 1.29 is 14.0 Å². The van der Waals surface area contributed by atoms with Crippen LogP contribution in [-0.4, -0.2) is 39.7 Å². The first-order chi connectivity index (χ1) is 15.0. The van der Waals surface area contributed by atoms with Gasteiger partial charge >= 0.3 is 6.03 Å². The zero-order valence-corrected chi connectivity index (χ0v) is 17.3. The molecule has 1 aliphatic heterocycles. The molecule has 2 aromatic carbocycles. The average molecular weight is 442 g/mol. The van der Waals surface area contributed by atoms with Gasteiger partial charge in [0.1, 0.15) is 11.6 Å². The lowest BCUT2D eigenvalue weighted by Crippen LogP contribution is -2.39. The molecule has 1 fully saturated rings. The van der Waals surface area contributed by atoms with Gasteiger partial charge in [0.15, 0.2) is 0 Å². The number of urea groups is 1. The quantitative estimate of drug-likeness (QED) is 0.610. The van der Waals surface area contributed by atoms with Gasteiger partial charge in [0, 0.05) is 19.2 Å². The zero-order chi connectivity index (χ0) is 21.8. The van der Waals surface area contributed by atoms with E-state index in [4.69, 9.17) is 11.6 Å². The van der Waals surface area contributed by atoms with Crippen LogP contribution >= 0.6 is 11.6 Å². The number of rotatable bonds is 4. The molecule has 0 saturated carbocycles. The summed E-state index contributed by atoms with van der Waals surface area (Å²) < 4.78 is 15.7. The molecule has 4 rings (SSSR count). The number of para-hydroxylation sites is 1. The molecule has 1 aromatic heterocycles. The maximum atomic E-state index is 13.9. The SMILES string of the molecule is O=C(Nc1ccccc1Cl)Nc1ccnn1C1CCN(C(=O)c2ccccc2F)CC1. The molecule has 2 N–H and O–H groups in total. The Morgan fingerprint density at radius 1 is 1.00 bits per heavy atom. The number of halogens is 2. The van der Waals surface area contributed by atoms with Crippen molar-refractivity contribution in [3.05, 3.63) is 77.2 Å². The number of carbonyl (C=O) groups is 2. The fraction of sp³-hybridized carbons (Fsp3) is 0.227. The number of nitrogens with zero attached hydrogens (tertiary/aromatic N) is 3. The van der Waals surface area contributed by atoms with Gasteiger partial charge in [0.25, 0.3) is 5.91 Å². The van der Waals surface area contributed by atoms with E-state index in [1.165, 1.54) is 12.1 Å². The second kappa shape index (κ2) is 9.18. The van der Waals surface area contributed by atoms with E-state index in [9.17, 15) is 14.0 Å². The van der Waals surface area contributed by atoms with Crippen LogP contribution in [0.15, 0.2) is 60.8 Å². The Hall–Kier alpha value is -3.39. The molecule has 31 heavy (non-hydrogen) atoms. The van der Waals surface area contributed by atoms with Gasteiger partial charge in [-0.2, -0.15) is 5.10 Å². The molecule has 0 unspecified atom stereocenters. The van der Waals surface area contributed by atoms with Gasteiger partial charge in [-0.25, -0.2) is 13.9 Å². The van der Waals surface area contributed by atoms with Crippen LogP contribution in [0, 0.1) is 5.82 Å². The summed E-state index contributed by atoms with van der Waals surface area (Å²) >= 11 is 6.08. The summed E-state index contributed by atoms with van der Waals surface area (Å²) in [6, 6.07) is 14.3. The van der Waals surface area contributed by atoms with Gasteiger partial charge < -0.3 is 10.2 Å². The van der Waals surface area contributed by atoms with Crippen LogP contribution in [-0.2, 0) is 0 Å². The number of hydrogen-bond acceptors (Lipinski definition) is 3. The number of anilines is 2. The number of carbonyl (C=O) groups excluding carboxylic acids is 2. The standard InChI is InChI=1S/C22H21ClFN5O2/c23-17-6-2-4-8-19(17)26-22(31)27-20-9-12-25-29(20)15-10-13-28(14-11-15)21(30)16-5-1-3-7-18(16)24/h1-9,12,15H,10-11,13-14H2,(H2,26,27,31). The Labute approximate surface area is 183 Å². The fourth-order valence-electron chi connectivity index (χ4n) is 3.66. The summed E-state index contributed by atoms with van der Waals surface area (Å²) in [6.45, 7) is 0.950. The molecule has 3 aromatic rings. The zero-order valence-electron chi connectivity index (χ0n) is 16.6. The van der Waals surface area contributed by atoms with Crippen LogP contribution in [0.5, 0.6) is 0 Å². The molecule has 9 heteroatoms. The highest BCUT2D eigenvalue weighted by molar-refractivity contribution is 6.33. The highest BCUT2D eigenvalue weighted by Crippen LogP contribution is 2.27. The molecule has 0 atom stereocenters. The van der Waals surface area contributed by atoms with Crippen molar-refractivity contribution in [3.63, 3.8) is 0 Å². The number of likely N-dealkylation sites (tertiary alicyclic amines) is 1. The third-order valence-corrected chi connectivity index (χ3v) is 5.57. The van der Waals surface area contributed by atoms with E-state index in [2.05, 4.69) is 15.7 Å². The van der Waals surface area contributed by atoms with Gasteiger partial charge in [-0.3, -0.25) is 10.1 Å². The normalized spacial score (nSPS) is 14.3. The van der Waals surface area contributed by atoms with Crippen molar-refractivity contribution in [1.29, 1.82) is 0 Å². The van der Waals surface area contributed by atoms with Crippen molar-refractivity contribution in [2.75, 3.05) is 23.7 Å². The Morgan fingerprint density at radius 2 is 1.71 bits per heavy atom. The van der Waals surface area contributed by atoms with E-state index in [0.29, 0.717) is 42.5 Å². The topological polar surface area (TPSA) is 79.3 Å². The van der Waals surface area contributed by atoms with Crippen molar-refractivity contribution in [2.24, 2.45) is 0 Å². The molecule has 0 radical (unpaired) electrons. The molecule has 2 heterocycles. The lowest BCUT2D eigenvalue weighted by molar-refractivity contribution is 0.0686. The Kier molecular flexibility index (Phi) is 6.18. The minimum Gasteiger partial charge on any atom is -0.338 e. The molecule has 1 saturated heterocycles.